The van der Waals surface area contributed by atoms with Gasteiger partial charge in [-0.15, -0.1) is 0 Å². The first kappa shape index (κ1) is 22.8. The van der Waals surface area contributed by atoms with Crippen LogP contribution in [-0.2, 0) is 11.0 Å². The molecule has 1 aromatic carbocycles. The topological polar surface area (TPSA) is 140 Å². The van der Waals surface area contributed by atoms with E-state index in [1.807, 2.05) is 0 Å². The van der Waals surface area contributed by atoms with Crippen molar-refractivity contribution < 1.29 is 27.6 Å². The molecule has 1 atom stereocenters. The molecule has 174 valence electrons. The Hall–Kier alpha value is -4.35. The molecule has 1 saturated heterocycles. The zero-order valence-electron chi connectivity index (χ0n) is 17.4. The van der Waals surface area contributed by atoms with E-state index >= 15 is 0 Å². The molecule has 1 aliphatic rings. The number of ketones is 1. The van der Waals surface area contributed by atoms with Crippen LogP contribution in [0.5, 0.6) is 0 Å². The average Bonchev–Trinajstić information content (AvgIpc) is 3.22. The van der Waals surface area contributed by atoms with Crippen LogP contribution in [0, 0.1) is 0 Å². The SMILES string of the molecule is NC(=O)c1cc(N[C@H]2CCNC2=O)nc(-c2ccc(C(=O)c3ccc(C(F)(F)F)cn3)cc2)n1. The Bertz CT molecular complexity index is 1260. The number of halogens is 3. The molecule has 4 rings (SSSR count). The smallest absolute Gasteiger partial charge is 0.364 e. The maximum absolute atomic E-state index is 12.7. The lowest BCUT2D eigenvalue weighted by molar-refractivity contribution is -0.137. The molecule has 2 aromatic heterocycles. The lowest BCUT2D eigenvalue weighted by atomic mass is 10.0. The van der Waals surface area contributed by atoms with E-state index in [1.54, 1.807) is 0 Å². The van der Waals surface area contributed by atoms with Gasteiger partial charge in [0.15, 0.2) is 5.82 Å². The number of alkyl halides is 3. The van der Waals surface area contributed by atoms with Gasteiger partial charge in [0.05, 0.1) is 5.56 Å². The molecule has 1 fully saturated rings. The highest BCUT2D eigenvalue weighted by Gasteiger charge is 2.31. The van der Waals surface area contributed by atoms with E-state index in [9.17, 15) is 27.6 Å². The third-order valence-electron chi connectivity index (χ3n) is 5.08. The normalized spacial score (nSPS) is 15.6. The molecular formula is C22H17F3N6O3. The monoisotopic (exact) mass is 470 g/mol. The zero-order chi connectivity index (χ0) is 24.5. The first-order chi connectivity index (χ1) is 16.1. The van der Waals surface area contributed by atoms with Gasteiger partial charge in [0.1, 0.15) is 23.2 Å². The third kappa shape index (κ3) is 4.85. The van der Waals surface area contributed by atoms with E-state index in [0.717, 1.165) is 12.1 Å². The van der Waals surface area contributed by atoms with Crippen molar-refractivity contribution in [3.8, 4) is 11.4 Å². The van der Waals surface area contributed by atoms with Gasteiger partial charge in [-0.25, -0.2) is 9.97 Å². The summed E-state index contributed by atoms with van der Waals surface area (Å²) >= 11 is 0. The predicted molar refractivity (Wildman–Crippen MR) is 114 cm³/mol. The van der Waals surface area contributed by atoms with Crippen molar-refractivity contribution in [1.29, 1.82) is 0 Å². The van der Waals surface area contributed by atoms with E-state index in [-0.39, 0.29) is 34.5 Å². The summed E-state index contributed by atoms with van der Waals surface area (Å²) in [7, 11) is 0. The van der Waals surface area contributed by atoms with Crippen LogP contribution in [0.1, 0.15) is 38.5 Å². The number of rotatable bonds is 6. The number of pyridine rings is 1. The van der Waals surface area contributed by atoms with Crippen molar-refractivity contribution in [3.63, 3.8) is 0 Å². The number of hydrogen-bond acceptors (Lipinski definition) is 7. The predicted octanol–water partition coefficient (Wildman–Crippen LogP) is 2.19. The van der Waals surface area contributed by atoms with E-state index in [4.69, 9.17) is 5.73 Å². The number of nitrogens with two attached hydrogens (primary N) is 1. The molecule has 9 nitrogen and oxygen atoms in total. The summed E-state index contributed by atoms with van der Waals surface area (Å²) in [5.74, 6) is -1.19. The maximum atomic E-state index is 12.7. The molecule has 3 heterocycles. The standard InChI is InChI=1S/C22H17F3N6O3/c23-22(24,25)13-5-6-14(28-10-13)18(32)11-1-3-12(4-2-11)20-30-16(19(26)33)9-17(31-20)29-15-7-8-27-21(15)34/h1-6,9-10,15H,7-8H2,(H2,26,33)(H,27,34)(H,29,30,31)/t15-/m0/s1. The van der Waals surface area contributed by atoms with Gasteiger partial charge in [0.25, 0.3) is 5.91 Å². The van der Waals surface area contributed by atoms with Crippen LogP contribution in [0.2, 0.25) is 0 Å². The number of carbonyl (C=O) groups is 3. The average molecular weight is 470 g/mol. The molecule has 3 aromatic rings. The Kier molecular flexibility index (Phi) is 5.97. The number of amides is 2. The number of aromatic nitrogens is 3. The Balaban J connectivity index is 1.58. The minimum Gasteiger partial charge on any atom is -0.364 e. The van der Waals surface area contributed by atoms with Crippen molar-refractivity contribution in [3.05, 3.63) is 71.2 Å². The van der Waals surface area contributed by atoms with Gasteiger partial charge >= 0.3 is 6.18 Å². The molecule has 0 radical (unpaired) electrons. The van der Waals surface area contributed by atoms with Crippen molar-refractivity contribution >= 4 is 23.4 Å². The second-order valence-corrected chi connectivity index (χ2v) is 7.44. The molecule has 0 aliphatic carbocycles. The van der Waals surface area contributed by atoms with Crippen LogP contribution in [0.3, 0.4) is 0 Å². The van der Waals surface area contributed by atoms with Gasteiger partial charge in [0, 0.05) is 29.9 Å². The number of anilines is 1. The van der Waals surface area contributed by atoms with E-state index in [2.05, 4.69) is 25.6 Å². The Morgan fingerprint density at radius 2 is 1.79 bits per heavy atom. The van der Waals surface area contributed by atoms with Gasteiger partial charge in [-0.2, -0.15) is 13.2 Å². The molecule has 0 saturated carbocycles. The van der Waals surface area contributed by atoms with Gasteiger partial charge in [-0.3, -0.25) is 19.4 Å². The summed E-state index contributed by atoms with van der Waals surface area (Å²) in [6.45, 7) is 0.514. The van der Waals surface area contributed by atoms with Crippen LogP contribution in [0.15, 0.2) is 48.7 Å². The maximum Gasteiger partial charge on any atom is 0.417 e. The molecule has 0 unspecified atom stereocenters. The van der Waals surface area contributed by atoms with Crippen molar-refractivity contribution in [2.45, 2.75) is 18.6 Å². The summed E-state index contributed by atoms with van der Waals surface area (Å²) in [6, 6.07) is 8.54. The van der Waals surface area contributed by atoms with Gasteiger partial charge in [-0.05, 0) is 18.6 Å². The highest BCUT2D eigenvalue weighted by Crippen LogP contribution is 2.28. The summed E-state index contributed by atoms with van der Waals surface area (Å²) in [5.41, 5.74) is 4.83. The van der Waals surface area contributed by atoms with Gasteiger partial charge in [0.2, 0.25) is 11.7 Å². The number of nitrogens with zero attached hydrogens (tertiary/aromatic N) is 3. The number of nitrogens with one attached hydrogen (secondary N) is 2. The highest BCUT2D eigenvalue weighted by atomic mass is 19.4. The molecule has 4 N–H and O–H groups in total. The fourth-order valence-corrected chi connectivity index (χ4v) is 3.30. The second-order valence-electron chi connectivity index (χ2n) is 7.44. The first-order valence-corrected chi connectivity index (χ1v) is 10.0. The van der Waals surface area contributed by atoms with Crippen LogP contribution in [-0.4, -0.2) is 45.1 Å². The first-order valence-electron chi connectivity index (χ1n) is 10.0. The van der Waals surface area contributed by atoms with Crippen LogP contribution < -0.4 is 16.4 Å². The Morgan fingerprint density at radius 3 is 2.35 bits per heavy atom. The molecular weight excluding hydrogens is 453 g/mol. The Morgan fingerprint density at radius 1 is 1.06 bits per heavy atom. The van der Waals surface area contributed by atoms with E-state index < -0.39 is 29.5 Å². The summed E-state index contributed by atoms with van der Waals surface area (Å²) in [5, 5.41) is 5.63. The van der Waals surface area contributed by atoms with Gasteiger partial charge < -0.3 is 16.4 Å². The number of carbonyl (C=O) groups excluding carboxylic acids is 3. The minimum absolute atomic E-state index is 0.0694. The Labute approximate surface area is 190 Å². The third-order valence-corrected chi connectivity index (χ3v) is 5.08. The van der Waals surface area contributed by atoms with Crippen molar-refractivity contribution in [2.24, 2.45) is 5.73 Å². The molecule has 0 bridgehead atoms. The molecule has 0 spiro atoms. The second kappa shape index (κ2) is 8.89. The molecule has 34 heavy (non-hydrogen) atoms. The molecule has 2 amide bonds. The number of hydrogen-bond donors (Lipinski definition) is 3. The van der Waals surface area contributed by atoms with Crippen molar-refractivity contribution in [1.82, 2.24) is 20.3 Å². The van der Waals surface area contributed by atoms with Crippen LogP contribution in [0.25, 0.3) is 11.4 Å². The fraction of sp³-hybridized carbons (Fsp3) is 0.182. The minimum atomic E-state index is -4.55. The summed E-state index contributed by atoms with van der Waals surface area (Å²) in [6.07, 6.45) is -3.41. The van der Waals surface area contributed by atoms with E-state index in [1.165, 1.54) is 30.3 Å². The molecule has 1 aliphatic heterocycles. The highest BCUT2D eigenvalue weighted by molar-refractivity contribution is 6.07. The zero-order valence-corrected chi connectivity index (χ0v) is 17.4. The lowest BCUT2D eigenvalue weighted by Crippen LogP contribution is -2.30. The number of primary amides is 1. The largest absolute Gasteiger partial charge is 0.417 e. The fourth-order valence-electron chi connectivity index (χ4n) is 3.30. The van der Waals surface area contributed by atoms with Gasteiger partial charge in [-0.1, -0.05) is 24.3 Å². The van der Waals surface area contributed by atoms with Crippen LogP contribution in [0.4, 0.5) is 19.0 Å². The summed E-state index contributed by atoms with van der Waals surface area (Å²) in [4.78, 5) is 48.2. The lowest BCUT2D eigenvalue weighted by Gasteiger charge is -2.12. The molecule has 12 heteroatoms. The van der Waals surface area contributed by atoms with Crippen LogP contribution >= 0.6 is 0 Å². The summed E-state index contributed by atoms with van der Waals surface area (Å²) < 4.78 is 38.1. The number of benzene rings is 1. The quantitative estimate of drug-likeness (QED) is 0.469. The van der Waals surface area contributed by atoms with E-state index in [0.29, 0.717) is 24.7 Å². The van der Waals surface area contributed by atoms with Crippen molar-refractivity contribution in [2.75, 3.05) is 11.9 Å².